The molecule has 0 saturated carbocycles. The fraction of sp³-hybridized carbons (Fsp3) is 0.0588. The van der Waals surface area contributed by atoms with Crippen LogP contribution in [0.3, 0.4) is 0 Å². The van der Waals surface area contributed by atoms with E-state index in [-0.39, 0.29) is 17.0 Å². The molecule has 1 aromatic heterocycles. The van der Waals surface area contributed by atoms with Crippen molar-refractivity contribution in [1.29, 1.82) is 0 Å². The molecule has 0 radical (unpaired) electrons. The molecule has 0 atom stereocenters. The molecule has 3 rings (SSSR count). The summed E-state index contributed by atoms with van der Waals surface area (Å²) in [5.41, 5.74) is 0.888. The maximum absolute atomic E-state index is 14.2. The number of nitrogens with zero attached hydrogens (tertiary/aromatic N) is 2. The third kappa shape index (κ3) is 2.60. The fourth-order valence-electron chi connectivity index (χ4n) is 2.20. The second kappa shape index (κ2) is 5.81. The summed E-state index contributed by atoms with van der Waals surface area (Å²) in [6.07, 6.45) is 6.60. The lowest BCUT2D eigenvalue weighted by atomic mass is 10.1. The highest BCUT2D eigenvalue weighted by Crippen LogP contribution is 2.34. The lowest BCUT2D eigenvalue weighted by molar-refractivity contribution is 0.374. The number of hydrogen-bond acceptors (Lipinski definition) is 5. The average Bonchev–Trinajstić information content (AvgIpc) is 2.56. The number of hydrogen-bond donors (Lipinski definition) is 2. The highest BCUT2D eigenvalue weighted by Gasteiger charge is 2.12. The minimum atomic E-state index is -0.542. The Morgan fingerprint density at radius 2 is 2.13 bits per heavy atom. The van der Waals surface area contributed by atoms with Gasteiger partial charge in [0.25, 0.3) is 0 Å². The summed E-state index contributed by atoms with van der Waals surface area (Å²) in [4.78, 5) is 8.22. The highest BCUT2D eigenvalue weighted by molar-refractivity contribution is 5.93. The number of methoxy groups -OCH3 is 1. The van der Waals surface area contributed by atoms with Gasteiger partial charge in [-0.25, -0.2) is 14.4 Å². The van der Waals surface area contributed by atoms with Crippen molar-refractivity contribution < 1.29 is 14.2 Å². The lowest BCUT2D eigenvalue weighted by Crippen LogP contribution is -2.00. The zero-order valence-corrected chi connectivity index (χ0v) is 12.2. The lowest BCUT2D eigenvalue weighted by Gasteiger charge is -2.11. The van der Waals surface area contributed by atoms with E-state index in [4.69, 9.17) is 11.2 Å². The van der Waals surface area contributed by atoms with Crippen molar-refractivity contribution in [2.24, 2.45) is 0 Å². The number of phenols is 1. The first-order valence-corrected chi connectivity index (χ1v) is 6.68. The van der Waals surface area contributed by atoms with E-state index in [1.54, 1.807) is 18.2 Å². The van der Waals surface area contributed by atoms with Crippen molar-refractivity contribution in [3.63, 3.8) is 0 Å². The van der Waals surface area contributed by atoms with Crippen molar-refractivity contribution in [2.45, 2.75) is 0 Å². The minimum Gasteiger partial charge on any atom is -0.504 e. The normalized spacial score (nSPS) is 10.3. The van der Waals surface area contributed by atoms with Crippen LogP contribution in [0.15, 0.2) is 36.7 Å². The molecule has 2 N–H and O–H groups in total. The molecule has 3 aromatic rings. The van der Waals surface area contributed by atoms with E-state index >= 15 is 0 Å². The first kappa shape index (κ1) is 14.6. The van der Waals surface area contributed by atoms with E-state index in [1.807, 2.05) is 0 Å². The number of halogens is 1. The second-order valence-electron chi connectivity index (χ2n) is 4.70. The standard InChI is InChI=1S/C17H12FN3O2/c1-3-10-5-4-6-12(16(10)18)21-17-11-7-14(22)15(23-2)8-13(11)19-9-20-17/h1,4-9,22H,2H3,(H,19,20,21). The molecule has 1 heterocycles. The van der Waals surface area contributed by atoms with E-state index in [1.165, 1.54) is 25.6 Å². The number of nitrogens with one attached hydrogen (secondary N) is 1. The van der Waals surface area contributed by atoms with Gasteiger partial charge < -0.3 is 15.2 Å². The summed E-state index contributed by atoms with van der Waals surface area (Å²) >= 11 is 0. The summed E-state index contributed by atoms with van der Waals surface area (Å²) in [6.45, 7) is 0. The number of phenolic OH excluding ortho intramolecular Hbond substituents is 1. The minimum absolute atomic E-state index is 0.0595. The Labute approximate surface area is 131 Å². The third-order valence-corrected chi connectivity index (χ3v) is 3.34. The molecule has 0 aliphatic carbocycles. The summed E-state index contributed by atoms with van der Waals surface area (Å²) < 4.78 is 19.3. The molecule has 0 unspecified atom stereocenters. The van der Waals surface area contributed by atoms with Crippen LogP contribution in [0.25, 0.3) is 10.9 Å². The molecule has 0 aliphatic rings. The van der Waals surface area contributed by atoms with Crippen molar-refractivity contribution in [2.75, 3.05) is 12.4 Å². The van der Waals surface area contributed by atoms with Crippen LogP contribution in [0, 0.1) is 18.2 Å². The van der Waals surface area contributed by atoms with Crippen molar-refractivity contribution in [3.8, 4) is 23.8 Å². The fourth-order valence-corrected chi connectivity index (χ4v) is 2.20. The van der Waals surface area contributed by atoms with Gasteiger partial charge in [0.05, 0.1) is 23.9 Å². The molecular weight excluding hydrogens is 297 g/mol. The largest absolute Gasteiger partial charge is 0.504 e. The molecule has 23 heavy (non-hydrogen) atoms. The number of aromatic nitrogens is 2. The van der Waals surface area contributed by atoms with Gasteiger partial charge in [0.15, 0.2) is 17.3 Å². The van der Waals surface area contributed by atoms with Crippen LogP contribution in [-0.2, 0) is 0 Å². The quantitative estimate of drug-likeness (QED) is 0.727. The first-order chi connectivity index (χ1) is 11.1. The van der Waals surface area contributed by atoms with Gasteiger partial charge in [-0.3, -0.25) is 0 Å². The zero-order valence-electron chi connectivity index (χ0n) is 12.2. The van der Waals surface area contributed by atoms with Crippen LogP contribution in [0.1, 0.15) is 5.56 Å². The van der Waals surface area contributed by atoms with Crippen molar-refractivity contribution in [3.05, 3.63) is 48.0 Å². The Bertz CT molecular complexity index is 935. The molecule has 0 spiro atoms. The van der Waals surface area contributed by atoms with Crippen LogP contribution >= 0.6 is 0 Å². The van der Waals surface area contributed by atoms with E-state index in [9.17, 15) is 9.50 Å². The number of terminal acetylenes is 1. The zero-order chi connectivity index (χ0) is 16.4. The van der Waals surface area contributed by atoms with Crippen molar-refractivity contribution in [1.82, 2.24) is 9.97 Å². The molecule has 0 bridgehead atoms. The van der Waals surface area contributed by atoms with Gasteiger partial charge in [0.2, 0.25) is 0 Å². The van der Waals surface area contributed by atoms with E-state index in [0.717, 1.165) is 0 Å². The number of fused-ring (bicyclic) bond motifs is 1. The van der Waals surface area contributed by atoms with Crippen LogP contribution in [-0.4, -0.2) is 22.2 Å². The van der Waals surface area contributed by atoms with Crippen LogP contribution in [0.5, 0.6) is 11.5 Å². The second-order valence-corrected chi connectivity index (χ2v) is 4.70. The van der Waals surface area contributed by atoms with E-state index < -0.39 is 5.82 Å². The Kier molecular flexibility index (Phi) is 3.69. The monoisotopic (exact) mass is 309 g/mol. The van der Waals surface area contributed by atoms with Gasteiger partial charge in [-0.1, -0.05) is 12.0 Å². The molecule has 114 valence electrons. The Morgan fingerprint density at radius 1 is 1.30 bits per heavy atom. The van der Waals surface area contributed by atoms with E-state index in [2.05, 4.69) is 21.2 Å². The maximum Gasteiger partial charge on any atom is 0.162 e. The number of benzene rings is 2. The van der Waals surface area contributed by atoms with Crippen LogP contribution < -0.4 is 10.1 Å². The van der Waals surface area contributed by atoms with Crippen LogP contribution in [0.4, 0.5) is 15.9 Å². The highest BCUT2D eigenvalue weighted by atomic mass is 19.1. The molecule has 2 aromatic carbocycles. The first-order valence-electron chi connectivity index (χ1n) is 6.68. The number of aromatic hydroxyl groups is 1. The SMILES string of the molecule is C#Cc1cccc(Nc2ncnc3cc(OC)c(O)cc23)c1F. The number of anilines is 2. The molecule has 5 nitrogen and oxygen atoms in total. The maximum atomic E-state index is 14.2. The van der Waals surface area contributed by atoms with Gasteiger partial charge in [-0.15, -0.1) is 6.42 Å². The van der Waals surface area contributed by atoms with Gasteiger partial charge in [0, 0.05) is 11.5 Å². The molecule has 0 amide bonds. The summed E-state index contributed by atoms with van der Waals surface area (Å²) in [5.74, 6) is 2.32. The molecule has 0 aliphatic heterocycles. The third-order valence-electron chi connectivity index (χ3n) is 3.34. The smallest absolute Gasteiger partial charge is 0.162 e. The summed E-state index contributed by atoms with van der Waals surface area (Å²) in [7, 11) is 1.45. The van der Waals surface area contributed by atoms with Crippen LogP contribution in [0.2, 0.25) is 0 Å². The van der Waals surface area contributed by atoms with Crippen molar-refractivity contribution >= 4 is 22.4 Å². The predicted octanol–water partition coefficient (Wildman–Crippen LogP) is 3.21. The molecule has 0 fully saturated rings. The van der Waals surface area contributed by atoms with E-state index in [0.29, 0.717) is 22.5 Å². The summed E-state index contributed by atoms with van der Waals surface area (Å²) in [6, 6.07) is 7.73. The van der Waals surface area contributed by atoms with Gasteiger partial charge in [-0.05, 0) is 18.2 Å². The number of ether oxygens (including phenoxy) is 1. The average molecular weight is 309 g/mol. The molecule has 6 heteroatoms. The Hall–Kier alpha value is -3.33. The molecular formula is C17H12FN3O2. The Morgan fingerprint density at radius 3 is 2.87 bits per heavy atom. The Balaban J connectivity index is 2.11. The van der Waals surface area contributed by atoms with Gasteiger partial charge in [-0.2, -0.15) is 0 Å². The molecule has 0 saturated heterocycles. The summed E-state index contributed by atoms with van der Waals surface area (Å²) in [5, 5.41) is 13.3. The topological polar surface area (TPSA) is 67.3 Å². The van der Waals surface area contributed by atoms with Gasteiger partial charge in [0.1, 0.15) is 12.1 Å². The predicted molar refractivity (Wildman–Crippen MR) is 85.4 cm³/mol. The number of rotatable bonds is 3. The van der Waals surface area contributed by atoms with Gasteiger partial charge >= 0.3 is 0 Å².